The molecule has 0 saturated carbocycles. The van der Waals surface area contributed by atoms with Crippen LogP contribution in [-0.4, -0.2) is 77.0 Å². The minimum Gasteiger partial charge on any atom is -0.453 e. The highest BCUT2D eigenvalue weighted by molar-refractivity contribution is 5.68. The number of piperidine rings is 1. The molecule has 1 aliphatic heterocycles. The van der Waals surface area contributed by atoms with Crippen LogP contribution in [0.3, 0.4) is 0 Å². The molecule has 0 bridgehead atoms. The molecule has 10 nitrogen and oxygen atoms in total. The Morgan fingerprint density at radius 2 is 1.90 bits per heavy atom. The van der Waals surface area contributed by atoms with Gasteiger partial charge >= 0.3 is 6.09 Å². The van der Waals surface area contributed by atoms with Crippen LogP contribution in [0.15, 0.2) is 48.9 Å². The number of benzene rings is 1. The summed E-state index contributed by atoms with van der Waals surface area (Å²) in [5.41, 5.74) is 9.44. The van der Waals surface area contributed by atoms with Crippen LogP contribution in [0.5, 0.6) is 0 Å². The third-order valence-corrected chi connectivity index (χ3v) is 7.56. The zero-order valence-electron chi connectivity index (χ0n) is 23.4. The smallest absolute Gasteiger partial charge is 0.409 e. The lowest BCUT2D eigenvalue weighted by atomic mass is 9.88. The lowest BCUT2D eigenvalue weighted by molar-refractivity contribution is 0.0905. The minimum absolute atomic E-state index is 0.0698. The van der Waals surface area contributed by atoms with Gasteiger partial charge in [0.1, 0.15) is 17.5 Å². The van der Waals surface area contributed by atoms with Crippen LogP contribution in [0.25, 0.3) is 16.8 Å². The van der Waals surface area contributed by atoms with E-state index in [1.165, 1.54) is 26.4 Å². The summed E-state index contributed by atoms with van der Waals surface area (Å²) in [6.45, 7) is 3.35. The van der Waals surface area contributed by atoms with Crippen LogP contribution in [0.1, 0.15) is 23.9 Å². The minimum atomic E-state index is -0.716. The molecule has 1 fully saturated rings. The van der Waals surface area contributed by atoms with Crippen molar-refractivity contribution in [3.05, 3.63) is 77.5 Å². The van der Waals surface area contributed by atoms with Gasteiger partial charge in [-0.15, -0.1) is 0 Å². The van der Waals surface area contributed by atoms with Gasteiger partial charge in [0.2, 0.25) is 0 Å². The third kappa shape index (κ3) is 5.57. The van der Waals surface area contributed by atoms with Crippen LogP contribution in [0, 0.1) is 17.6 Å². The molecule has 5 rings (SSSR count). The fourth-order valence-electron chi connectivity index (χ4n) is 5.79. The van der Waals surface area contributed by atoms with E-state index in [0.717, 1.165) is 11.3 Å². The summed E-state index contributed by atoms with van der Waals surface area (Å²) in [5.74, 6) is -0.773. The predicted molar refractivity (Wildman–Crippen MR) is 149 cm³/mol. The van der Waals surface area contributed by atoms with Gasteiger partial charge in [0, 0.05) is 63.4 Å². The van der Waals surface area contributed by atoms with Gasteiger partial charge < -0.3 is 25.0 Å². The molecule has 0 spiro atoms. The number of nitrogens with zero attached hydrogens (tertiary/aromatic N) is 6. The van der Waals surface area contributed by atoms with Crippen LogP contribution in [0.2, 0.25) is 0 Å². The molecule has 1 aromatic carbocycles. The summed E-state index contributed by atoms with van der Waals surface area (Å²) in [7, 11) is 4.53. The van der Waals surface area contributed by atoms with E-state index in [1.54, 1.807) is 47.2 Å². The van der Waals surface area contributed by atoms with Crippen molar-refractivity contribution in [3.8, 4) is 11.3 Å². The second-order valence-electron chi connectivity index (χ2n) is 10.4. The summed E-state index contributed by atoms with van der Waals surface area (Å²) in [5, 5.41) is 4.56. The highest BCUT2D eigenvalue weighted by Gasteiger charge is 2.38. The molecular weight excluding hydrogens is 532 g/mol. The predicted octanol–water partition coefficient (Wildman–Crippen LogP) is 3.66. The van der Waals surface area contributed by atoms with Gasteiger partial charge in [0.25, 0.3) is 0 Å². The Morgan fingerprint density at radius 3 is 2.59 bits per heavy atom. The average Bonchev–Trinajstić information content (AvgIpc) is 3.34. The number of pyridine rings is 1. The molecule has 2 N–H and O–H groups in total. The molecule has 1 aliphatic rings. The number of rotatable bonds is 7. The number of carbonyl (C=O) groups excluding carboxylic acids is 1. The fraction of sp³-hybridized carbons (Fsp3) is 0.379. The Bertz CT molecular complexity index is 1530. The SMILES string of the molecule is COCc1cc(F)c(-c2ccc3cnc(Cc4cnccc4N4C[C@@H](N)[C@@H](N(C)C(=O)OC)[C@@H](C)C4)n3n2)c(F)c1. The Labute approximate surface area is 236 Å². The van der Waals surface area contributed by atoms with Crippen molar-refractivity contribution in [2.45, 2.75) is 32.0 Å². The van der Waals surface area contributed by atoms with Crippen molar-refractivity contribution in [2.24, 2.45) is 11.7 Å². The normalized spacial score (nSPS) is 19.0. The van der Waals surface area contributed by atoms with E-state index in [9.17, 15) is 13.6 Å². The first kappa shape index (κ1) is 28.4. The number of carbonyl (C=O) groups is 1. The van der Waals surface area contributed by atoms with E-state index < -0.39 is 17.7 Å². The molecule has 3 aromatic heterocycles. The summed E-state index contributed by atoms with van der Waals surface area (Å²) in [4.78, 5) is 24.8. The number of ether oxygens (including phenoxy) is 2. The molecule has 4 aromatic rings. The van der Waals surface area contributed by atoms with Gasteiger partial charge in [-0.25, -0.2) is 23.1 Å². The monoisotopic (exact) mass is 565 g/mol. The molecule has 41 heavy (non-hydrogen) atoms. The highest BCUT2D eigenvalue weighted by Crippen LogP contribution is 2.30. The number of hydrogen-bond donors (Lipinski definition) is 1. The van der Waals surface area contributed by atoms with Crippen molar-refractivity contribution >= 4 is 17.3 Å². The molecule has 0 radical (unpaired) electrons. The number of halogens is 2. The molecule has 0 aliphatic carbocycles. The van der Waals surface area contributed by atoms with E-state index >= 15 is 0 Å². The molecule has 1 saturated heterocycles. The first-order valence-corrected chi connectivity index (χ1v) is 13.3. The number of fused-ring (bicyclic) bond motifs is 1. The van der Waals surface area contributed by atoms with Crippen molar-refractivity contribution in [1.82, 2.24) is 24.5 Å². The van der Waals surface area contributed by atoms with Gasteiger partial charge in [-0.2, -0.15) is 5.10 Å². The topological polar surface area (TPSA) is 111 Å². The number of nitrogens with two attached hydrogens (primary N) is 1. The Balaban J connectivity index is 1.43. The molecule has 4 heterocycles. The number of amides is 1. The molecule has 1 amide bonds. The molecular formula is C29H33F2N7O3. The van der Waals surface area contributed by atoms with Gasteiger partial charge in [0.15, 0.2) is 0 Å². The molecule has 216 valence electrons. The fourth-order valence-corrected chi connectivity index (χ4v) is 5.79. The van der Waals surface area contributed by atoms with Crippen LogP contribution >= 0.6 is 0 Å². The van der Waals surface area contributed by atoms with E-state index in [-0.39, 0.29) is 35.9 Å². The van der Waals surface area contributed by atoms with Crippen LogP contribution < -0.4 is 10.6 Å². The van der Waals surface area contributed by atoms with E-state index in [4.69, 9.17) is 15.2 Å². The average molecular weight is 566 g/mol. The molecule has 3 atom stereocenters. The van der Waals surface area contributed by atoms with Gasteiger partial charge in [0.05, 0.1) is 42.7 Å². The summed E-state index contributed by atoms with van der Waals surface area (Å²) in [6.07, 6.45) is 5.12. The van der Waals surface area contributed by atoms with Crippen LogP contribution in [0.4, 0.5) is 19.3 Å². The quantitative estimate of drug-likeness (QED) is 0.362. The number of methoxy groups -OCH3 is 2. The molecule has 12 heteroatoms. The second kappa shape index (κ2) is 11.8. The van der Waals surface area contributed by atoms with E-state index in [2.05, 4.69) is 26.9 Å². The van der Waals surface area contributed by atoms with Crippen molar-refractivity contribution < 1.29 is 23.0 Å². The lowest BCUT2D eigenvalue weighted by Gasteiger charge is -2.45. The van der Waals surface area contributed by atoms with Gasteiger partial charge in [-0.05, 0) is 41.8 Å². The first-order valence-electron chi connectivity index (χ1n) is 13.3. The molecule has 0 unspecified atom stereocenters. The second-order valence-corrected chi connectivity index (χ2v) is 10.4. The Morgan fingerprint density at radius 1 is 1.15 bits per heavy atom. The van der Waals surface area contributed by atoms with Gasteiger partial charge in [-0.1, -0.05) is 6.92 Å². The van der Waals surface area contributed by atoms with Crippen molar-refractivity contribution in [3.63, 3.8) is 0 Å². The van der Waals surface area contributed by atoms with Crippen molar-refractivity contribution in [1.29, 1.82) is 0 Å². The van der Waals surface area contributed by atoms with Gasteiger partial charge in [-0.3, -0.25) is 4.98 Å². The summed E-state index contributed by atoms with van der Waals surface area (Å²) < 4.78 is 41.4. The highest BCUT2D eigenvalue weighted by atomic mass is 19.1. The van der Waals surface area contributed by atoms with Crippen molar-refractivity contribution in [2.75, 3.05) is 39.3 Å². The Hall–Kier alpha value is -4.16. The first-order chi connectivity index (χ1) is 19.7. The standard InChI is InChI=1S/C29H33F2N7O3/c1-17-14-37(15-23(32)28(17)36(2)29(39)41-4)25-7-8-33-12-19(25)11-26-34-13-20-5-6-24(35-38(20)26)27-21(30)9-18(16-40-3)10-22(27)31/h5-10,12-13,17,23,28H,11,14-16,32H2,1-4H3/t17-,23+,28-/m0/s1. The third-order valence-electron chi connectivity index (χ3n) is 7.56. The maximum Gasteiger partial charge on any atom is 0.409 e. The number of aromatic nitrogens is 4. The number of anilines is 1. The summed E-state index contributed by atoms with van der Waals surface area (Å²) in [6, 6.07) is 7.26. The Kier molecular flexibility index (Phi) is 8.13. The van der Waals surface area contributed by atoms with E-state index in [1.807, 2.05) is 6.07 Å². The van der Waals surface area contributed by atoms with Crippen LogP contribution in [-0.2, 0) is 22.5 Å². The zero-order valence-corrected chi connectivity index (χ0v) is 23.4. The maximum absolute atomic E-state index is 14.9. The number of imidazole rings is 1. The number of likely N-dealkylation sites (N-methyl/N-ethyl adjacent to an activating group) is 1. The number of hydrogen-bond acceptors (Lipinski definition) is 8. The lowest BCUT2D eigenvalue weighted by Crippen LogP contribution is -2.62. The van der Waals surface area contributed by atoms with E-state index in [0.29, 0.717) is 36.4 Å². The largest absolute Gasteiger partial charge is 0.453 e. The zero-order chi connectivity index (χ0) is 29.3. The summed E-state index contributed by atoms with van der Waals surface area (Å²) >= 11 is 0. The maximum atomic E-state index is 14.9.